The molecule has 1 unspecified atom stereocenters. The average Bonchev–Trinajstić information content (AvgIpc) is 2.71. The largest absolute Gasteiger partial charge is 0.271 e. The Labute approximate surface area is 108 Å². The SMILES string of the molecule is Cc1ccc(C(NN)c2ccc(Cl)c(F)c2)s1. The lowest BCUT2D eigenvalue weighted by atomic mass is 10.1. The van der Waals surface area contributed by atoms with Crippen molar-refractivity contribution in [1.29, 1.82) is 0 Å². The van der Waals surface area contributed by atoms with Crippen LogP contribution in [0, 0.1) is 12.7 Å². The number of hydrogen-bond donors (Lipinski definition) is 2. The van der Waals surface area contributed by atoms with Gasteiger partial charge in [0.1, 0.15) is 5.82 Å². The van der Waals surface area contributed by atoms with Crippen LogP contribution >= 0.6 is 22.9 Å². The molecule has 90 valence electrons. The summed E-state index contributed by atoms with van der Waals surface area (Å²) in [7, 11) is 0. The van der Waals surface area contributed by atoms with Gasteiger partial charge in [0.25, 0.3) is 0 Å². The van der Waals surface area contributed by atoms with Gasteiger partial charge in [-0.2, -0.15) is 0 Å². The van der Waals surface area contributed by atoms with Crippen LogP contribution < -0.4 is 11.3 Å². The monoisotopic (exact) mass is 270 g/mol. The molecule has 5 heteroatoms. The molecule has 0 radical (unpaired) electrons. The fourth-order valence-corrected chi connectivity index (χ4v) is 2.73. The number of aryl methyl sites for hydroxylation is 1. The Balaban J connectivity index is 2.38. The van der Waals surface area contributed by atoms with Crippen molar-refractivity contribution in [3.63, 3.8) is 0 Å². The number of benzene rings is 1. The lowest BCUT2D eigenvalue weighted by Crippen LogP contribution is -2.28. The van der Waals surface area contributed by atoms with Crippen molar-refractivity contribution < 1.29 is 4.39 Å². The van der Waals surface area contributed by atoms with Crippen LogP contribution in [0.4, 0.5) is 4.39 Å². The second-order valence-electron chi connectivity index (χ2n) is 3.72. The van der Waals surface area contributed by atoms with Crippen LogP contribution in [0.3, 0.4) is 0 Å². The van der Waals surface area contributed by atoms with Crippen LogP contribution in [0.15, 0.2) is 30.3 Å². The van der Waals surface area contributed by atoms with E-state index in [0.717, 1.165) is 10.4 Å². The van der Waals surface area contributed by atoms with E-state index in [0.29, 0.717) is 0 Å². The Hall–Kier alpha value is -0.940. The molecule has 2 rings (SSSR count). The van der Waals surface area contributed by atoms with Crippen molar-refractivity contribution in [2.45, 2.75) is 13.0 Å². The number of nitrogens with two attached hydrogens (primary N) is 1. The molecule has 0 saturated carbocycles. The number of rotatable bonds is 3. The van der Waals surface area contributed by atoms with E-state index < -0.39 is 5.82 Å². The highest BCUT2D eigenvalue weighted by atomic mass is 35.5. The van der Waals surface area contributed by atoms with E-state index in [2.05, 4.69) is 5.43 Å². The first-order chi connectivity index (χ1) is 8.11. The van der Waals surface area contributed by atoms with Crippen LogP contribution in [0.25, 0.3) is 0 Å². The molecule has 0 spiro atoms. The fraction of sp³-hybridized carbons (Fsp3) is 0.167. The van der Waals surface area contributed by atoms with E-state index in [9.17, 15) is 4.39 Å². The van der Waals surface area contributed by atoms with E-state index >= 15 is 0 Å². The number of thiophene rings is 1. The lowest BCUT2D eigenvalue weighted by molar-refractivity contribution is 0.609. The van der Waals surface area contributed by atoms with Gasteiger partial charge in [-0.3, -0.25) is 5.84 Å². The van der Waals surface area contributed by atoms with Gasteiger partial charge in [-0.15, -0.1) is 11.3 Å². The van der Waals surface area contributed by atoms with Gasteiger partial charge >= 0.3 is 0 Å². The standard InChI is InChI=1S/C12H12ClFN2S/c1-7-2-5-11(17-7)12(16-15)8-3-4-9(13)10(14)6-8/h2-6,12,16H,15H2,1H3. The van der Waals surface area contributed by atoms with E-state index in [1.165, 1.54) is 17.0 Å². The summed E-state index contributed by atoms with van der Waals surface area (Å²) in [6.45, 7) is 2.02. The highest BCUT2D eigenvalue weighted by molar-refractivity contribution is 7.12. The molecule has 1 atom stereocenters. The highest BCUT2D eigenvalue weighted by Gasteiger charge is 2.15. The van der Waals surface area contributed by atoms with Crippen LogP contribution in [0.1, 0.15) is 21.4 Å². The maximum Gasteiger partial charge on any atom is 0.142 e. The average molecular weight is 271 g/mol. The normalized spacial score (nSPS) is 12.7. The molecule has 0 aliphatic rings. The second kappa shape index (κ2) is 5.14. The van der Waals surface area contributed by atoms with Crippen LogP contribution in [0.5, 0.6) is 0 Å². The molecule has 0 fully saturated rings. The molecule has 1 aromatic carbocycles. The van der Waals surface area contributed by atoms with Gasteiger partial charge in [-0.25, -0.2) is 9.82 Å². The predicted molar refractivity (Wildman–Crippen MR) is 69.6 cm³/mol. The molecular formula is C12H12ClFN2S. The number of halogens is 2. The van der Waals surface area contributed by atoms with Crippen molar-refractivity contribution in [2.24, 2.45) is 5.84 Å². The first kappa shape index (κ1) is 12.5. The lowest BCUT2D eigenvalue weighted by Gasteiger charge is -2.15. The van der Waals surface area contributed by atoms with Crippen molar-refractivity contribution in [3.05, 3.63) is 56.5 Å². The summed E-state index contributed by atoms with van der Waals surface area (Å²) in [6.07, 6.45) is 0. The van der Waals surface area contributed by atoms with Crippen molar-refractivity contribution in [1.82, 2.24) is 5.43 Å². The van der Waals surface area contributed by atoms with E-state index in [-0.39, 0.29) is 11.1 Å². The topological polar surface area (TPSA) is 38.0 Å². The Morgan fingerprint density at radius 1 is 1.35 bits per heavy atom. The summed E-state index contributed by atoms with van der Waals surface area (Å²) in [6, 6.07) is 8.50. The molecular weight excluding hydrogens is 259 g/mol. The van der Waals surface area contributed by atoms with E-state index in [4.69, 9.17) is 17.4 Å². The Kier molecular flexibility index (Phi) is 3.79. The van der Waals surface area contributed by atoms with Crippen LogP contribution in [-0.2, 0) is 0 Å². The zero-order valence-electron chi connectivity index (χ0n) is 9.21. The molecule has 0 amide bonds. The first-order valence-corrected chi connectivity index (χ1v) is 6.28. The van der Waals surface area contributed by atoms with E-state index in [1.807, 2.05) is 19.1 Å². The van der Waals surface area contributed by atoms with Crippen molar-refractivity contribution >= 4 is 22.9 Å². The Bertz CT molecular complexity index is 527. The minimum absolute atomic E-state index is 0.117. The third-order valence-electron chi connectivity index (χ3n) is 2.49. The van der Waals surface area contributed by atoms with Crippen molar-refractivity contribution in [2.75, 3.05) is 0 Å². The summed E-state index contributed by atoms with van der Waals surface area (Å²) < 4.78 is 13.4. The molecule has 3 N–H and O–H groups in total. The quantitative estimate of drug-likeness (QED) is 0.663. The van der Waals surface area contributed by atoms with Gasteiger partial charge < -0.3 is 0 Å². The summed E-state index contributed by atoms with van der Waals surface area (Å²) in [5.41, 5.74) is 3.46. The maximum absolute atomic E-state index is 13.4. The molecule has 0 bridgehead atoms. The van der Waals surface area contributed by atoms with Gasteiger partial charge in [0.2, 0.25) is 0 Å². The first-order valence-electron chi connectivity index (χ1n) is 5.09. The van der Waals surface area contributed by atoms with Gasteiger partial charge in [0.15, 0.2) is 0 Å². The zero-order valence-corrected chi connectivity index (χ0v) is 10.8. The molecule has 0 aliphatic heterocycles. The highest BCUT2D eigenvalue weighted by Crippen LogP contribution is 2.29. The summed E-state index contributed by atoms with van der Waals surface area (Å²) >= 11 is 7.28. The molecule has 0 aliphatic carbocycles. The molecule has 0 saturated heterocycles. The third kappa shape index (κ3) is 2.66. The maximum atomic E-state index is 13.4. The second-order valence-corrected chi connectivity index (χ2v) is 5.45. The van der Waals surface area contributed by atoms with Crippen LogP contribution in [0.2, 0.25) is 5.02 Å². The molecule has 1 aromatic heterocycles. The molecule has 17 heavy (non-hydrogen) atoms. The predicted octanol–water partition coefficient (Wildman–Crippen LogP) is 3.40. The smallest absolute Gasteiger partial charge is 0.142 e. The van der Waals surface area contributed by atoms with Gasteiger partial charge in [0, 0.05) is 9.75 Å². The Morgan fingerprint density at radius 3 is 2.65 bits per heavy atom. The number of hydrazine groups is 1. The summed E-state index contributed by atoms with van der Waals surface area (Å²) in [5, 5.41) is 0.117. The number of nitrogens with one attached hydrogen (secondary N) is 1. The van der Waals surface area contributed by atoms with Gasteiger partial charge in [-0.1, -0.05) is 17.7 Å². The minimum atomic E-state index is -0.433. The zero-order chi connectivity index (χ0) is 12.4. The molecule has 1 heterocycles. The van der Waals surface area contributed by atoms with Gasteiger partial charge in [-0.05, 0) is 36.8 Å². The Morgan fingerprint density at radius 2 is 2.12 bits per heavy atom. The van der Waals surface area contributed by atoms with Crippen molar-refractivity contribution in [3.8, 4) is 0 Å². The molecule has 2 aromatic rings. The fourth-order valence-electron chi connectivity index (χ4n) is 1.64. The van der Waals surface area contributed by atoms with Crippen LogP contribution in [-0.4, -0.2) is 0 Å². The van der Waals surface area contributed by atoms with E-state index in [1.54, 1.807) is 17.4 Å². The summed E-state index contributed by atoms with van der Waals surface area (Å²) in [4.78, 5) is 2.24. The van der Waals surface area contributed by atoms with Gasteiger partial charge in [0.05, 0.1) is 11.1 Å². The minimum Gasteiger partial charge on any atom is -0.271 e. The molecule has 2 nitrogen and oxygen atoms in total. The third-order valence-corrected chi connectivity index (χ3v) is 3.86. The summed E-state index contributed by atoms with van der Waals surface area (Å²) in [5.74, 6) is 5.10. The number of hydrogen-bond acceptors (Lipinski definition) is 3.